The van der Waals surface area contributed by atoms with E-state index in [1.165, 1.54) is 6.07 Å². The number of hydrazine groups is 1. The van der Waals surface area contributed by atoms with Crippen molar-refractivity contribution in [2.24, 2.45) is 5.84 Å². The van der Waals surface area contributed by atoms with E-state index in [0.29, 0.717) is 12.2 Å². The molecule has 0 saturated heterocycles. The maximum Gasteiger partial charge on any atom is 0.293 e. The van der Waals surface area contributed by atoms with E-state index >= 15 is 0 Å². The molecule has 21 heavy (non-hydrogen) atoms. The molecule has 0 bridgehead atoms. The number of nitro groups is 1. The number of nitrogens with zero attached hydrogens (tertiary/aromatic N) is 2. The van der Waals surface area contributed by atoms with Crippen molar-refractivity contribution in [1.82, 2.24) is 4.90 Å². The van der Waals surface area contributed by atoms with Gasteiger partial charge in [-0.2, -0.15) is 0 Å². The summed E-state index contributed by atoms with van der Waals surface area (Å²) in [5.74, 6) is 6.24. The molecule has 0 spiro atoms. The van der Waals surface area contributed by atoms with Crippen molar-refractivity contribution in [3.05, 3.63) is 57.5 Å². The van der Waals surface area contributed by atoms with Crippen LogP contribution in [-0.2, 0) is 13.1 Å². The number of rotatable bonds is 6. The van der Waals surface area contributed by atoms with E-state index in [1.807, 2.05) is 20.0 Å². The first kappa shape index (κ1) is 15.0. The minimum absolute atomic E-state index is 0.0328. The smallest absolute Gasteiger partial charge is 0.293 e. The molecule has 1 aromatic heterocycles. The predicted molar refractivity (Wildman–Crippen MR) is 79.5 cm³/mol. The molecule has 1 aromatic carbocycles. The normalized spacial score (nSPS) is 10.9. The second-order valence-electron chi connectivity index (χ2n) is 4.93. The van der Waals surface area contributed by atoms with Crippen LogP contribution < -0.4 is 11.3 Å². The van der Waals surface area contributed by atoms with Crippen LogP contribution in [0.5, 0.6) is 0 Å². The molecule has 0 saturated carbocycles. The molecule has 7 nitrogen and oxygen atoms in total. The average Bonchev–Trinajstić information content (AvgIpc) is 2.83. The summed E-state index contributed by atoms with van der Waals surface area (Å²) in [5, 5.41) is 10.9. The monoisotopic (exact) mass is 290 g/mol. The summed E-state index contributed by atoms with van der Waals surface area (Å²) in [5.41, 5.74) is 4.71. The van der Waals surface area contributed by atoms with E-state index in [0.717, 1.165) is 23.4 Å². The number of nitrogen functional groups attached to an aromatic ring is 1. The highest BCUT2D eigenvalue weighted by molar-refractivity contribution is 5.62. The van der Waals surface area contributed by atoms with Crippen molar-refractivity contribution >= 4 is 11.4 Å². The lowest BCUT2D eigenvalue weighted by atomic mass is 10.1. The summed E-state index contributed by atoms with van der Waals surface area (Å²) in [7, 11) is 1.98. The number of nitrogens with two attached hydrogens (primary N) is 1. The molecule has 0 fully saturated rings. The van der Waals surface area contributed by atoms with Crippen LogP contribution in [0.4, 0.5) is 11.4 Å². The molecule has 112 valence electrons. The summed E-state index contributed by atoms with van der Waals surface area (Å²) >= 11 is 0. The fourth-order valence-corrected chi connectivity index (χ4v) is 2.19. The SMILES string of the molecule is Cc1occc1CN(C)Cc1ccc([N+](=O)[O-])c(NN)c1. The number of aryl methyl sites for hydroxylation is 1. The van der Waals surface area contributed by atoms with Crippen LogP contribution in [0, 0.1) is 17.0 Å². The van der Waals surface area contributed by atoms with Crippen LogP contribution in [0.1, 0.15) is 16.9 Å². The molecule has 2 rings (SSSR count). The Morgan fingerprint density at radius 3 is 2.71 bits per heavy atom. The molecule has 0 aliphatic carbocycles. The molecular formula is C14H18N4O3. The van der Waals surface area contributed by atoms with Gasteiger partial charge in [0, 0.05) is 24.7 Å². The zero-order valence-corrected chi connectivity index (χ0v) is 12.0. The van der Waals surface area contributed by atoms with Gasteiger partial charge >= 0.3 is 0 Å². The molecule has 2 aromatic rings. The van der Waals surface area contributed by atoms with Crippen LogP contribution in [0.25, 0.3) is 0 Å². The third-order valence-electron chi connectivity index (χ3n) is 3.27. The van der Waals surface area contributed by atoms with Crippen molar-refractivity contribution < 1.29 is 9.34 Å². The van der Waals surface area contributed by atoms with E-state index in [4.69, 9.17) is 10.3 Å². The molecule has 0 amide bonds. The third kappa shape index (κ3) is 3.59. The zero-order chi connectivity index (χ0) is 15.4. The Labute approximate surface area is 122 Å². The Morgan fingerprint density at radius 2 is 2.14 bits per heavy atom. The van der Waals surface area contributed by atoms with Crippen molar-refractivity contribution in [3.8, 4) is 0 Å². The number of nitrogens with one attached hydrogen (secondary N) is 1. The second-order valence-corrected chi connectivity index (χ2v) is 4.93. The average molecular weight is 290 g/mol. The van der Waals surface area contributed by atoms with Gasteiger partial charge in [-0.05, 0) is 31.7 Å². The van der Waals surface area contributed by atoms with Crippen LogP contribution in [0.15, 0.2) is 34.9 Å². The maximum absolute atomic E-state index is 10.9. The van der Waals surface area contributed by atoms with Gasteiger partial charge in [-0.1, -0.05) is 6.07 Å². The molecule has 0 aliphatic heterocycles. The van der Waals surface area contributed by atoms with E-state index in [-0.39, 0.29) is 5.69 Å². The first-order valence-electron chi connectivity index (χ1n) is 6.46. The lowest BCUT2D eigenvalue weighted by Crippen LogP contribution is -2.18. The largest absolute Gasteiger partial charge is 0.469 e. The molecule has 0 atom stereocenters. The first-order chi connectivity index (χ1) is 10.0. The van der Waals surface area contributed by atoms with Crippen LogP contribution in [-0.4, -0.2) is 16.9 Å². The van der Waals surface area contributed by atoms with Crippen LogP contribution in [0.3, 0.4) is 0 Å². The Balaban J connectivity index is 2.09. The standard InChI is InChI=1S/C14H18N4O3/c1-10-12(5-6-21-10)9-17(2)8-11-3-4-14(18(19)20)13(7-11)16-15/h3-7,16H,8-9,15H2,1-2H3. The minimum atomic E-state index is -0.461. The Morgan fingerprint density at radius 1 is 1.38 bits per heavy atom. The van der Waals surface area contributed by atoms with Gasteiger partial charge in [-0.15, -0.1) is 0 Å². The number of furan rings is 1. The van der Waals surface area contributed by atoms with E-state index in [9.17, 15) is 10.1 Å². The molecular weight excluding hydrogens is 272 g/mol. The van der Waals surface area contributed by atoms with Crippen LogP contribution >= 0.6 is 0 Å². The highest BCUT2D eigenvalue weighted by atomic mass is 16.6. The Kier molecular flexibility index (Phi) is 4.56. The van der Waals surface area contributed by atoms with Gasteiger partial charge in [-0.25, -0.2) is 0 Å². The molecule has 3 N–H and O–H groups in total. The van der Waals surface area contributed by atoms with Crippen molar-refractivity contribution in [2.45, 2.75) is 20.0 Å². The molecule has 0 radical (unpaired) electrons. The number of hydrogen-bond donors (Lipinski definition) is 2. The maximum atomic E-state index is 10.9. The fourth-order valence-electron chi connectivity index (χ4n) is 2.19. The van der Waals surface area contributed by atoms with Gasteiger partial charge in [0.1, 0.15) is 11.4 Å². The second kappa shape index (κ2) is 6.38. The summed E-state index contributed by atoms with van der Waals surface area (Å²) < 4.78 is 5.27. The number of hydrogen-bond acceptors (Lipinski definition) is 6. The summed E-state index contributed by atoms with van der Waals surface area (Å²) in [6.45, 7) is 3.31. The van der Waals surface area contributed by atoms with Gasteiger partial charge in [0.05, 0.1) is 11.2 Å². The minimum Gasteiger partial charge on any atom is -0.469 e. The molecule has 0 aliphatic rings. The topological polar surface area (TPSA) is 97.6 Å². The summed E-state index contributed by atoms with van der Waals surface area (Å²) in [4.78, 5) is 12.5. The number of anilines is 1. The Bertz CT molecular complexity index is 639. The quantitative estimate of drug-likeness (QED) is 0.481. The predicted octanol–water partition coefficient (Wildman–Crippen LogP) is 2.41. The summed E-state index contributed by atoms with van der Waals surface area (Å²) in [6.07, 6.45) is 1.67. The highest BCUT2D eigenvalue weighted by Gasteiger charge is 2.14. The fraction of sp³-hybridized carbons (Fsp3) is 0.286. The van der Waals surface area contributed by atoms with E-state index < -0.39 is 4.92 Å². The first-order valence-corrected chi connectivity index (χ1v) is 6.46. The van der Waals surface area contributed by atoms with Gasteiger partial charge < -0.3 is 9.84 Å². The number of benzene rings is 1. The van der Waals surface area contributed by atoms with Gasteiger partial charge in [0.25, 0.3) is 5.69 Å². The number of nitro benzene ring substituents is 1. The van der Waals surface area contributed by atoms with Crippen LogP contribution in [0.2, 0.25) is 0 Å². The molecule has 1 heterocycles. The summed E-state index contributed by atoms with van der Waals surface area (Å²) in [6, 6.07) is 6.82. The zero-order valence-electron chi connectivity index (χ0n) is 12.0. The lowest BCUT2D eigenvalue weighted by Gasteiger charge is -2.16. The van der Waals surface area contributed by atoms with Gasteiger partial charge in [0.2, 0.25) is 0 Å². The van der Waals surface area contributed by atoms with E-state index in [2.05, 4.69) is 10.3 Å². The third-order valence-corrected chi connectivity index (χ3v) is 3.27. The lowest BCUT2D eigenvalue weighted by molar-refractivity contribution is -0.384. The molecule has 0 unspecified atom stereocenters. The van der Waals surface area contributed by atoms with Gasteiger partial charge in [0.15, 0.2) is 0 Å². The van der Waals surface area contributed by atoms with E-state index in [1.54, 1.807) is 18.4 Å². The van der Waals surface area contributed by atoms with Crippen molar-refractivity contribution in [2.75, 3.05) is 12.5 Å². The highest BCUT2D eigenvalue weighted by Crippen LogP contribution is 2.25. The van der Waals surface area contributed by atoms with Crippen molar-refractivity contribution in [1.29, 1.82) is 0 Å². The van der Waals surface area contributed by atoms with Crippen molar-refractivity contribution in [3.63, 3.8) is 0 Å². The molecule has 7 heteroatoms. The Hall–Kier alpha value is -2.38. The van der Waals surface area contributed by atoms with Gasteiger partial charge in [-0.3, -0.25) is 20.9 Å².